The van der Waals surface area contributed by atoms with Crippen LogP contribution >= 0.6 is 0 Å². The summed E-state index contributed by atoms with van der Waals surface area (Å²) in [6, 6.07) is 7.23. The highest BCUT2D eigenvalue weighted by Crippen LogP contribution is 2.38. The second kappa shape index (κ2) is 12.0. The number of alkyl halides is 3. The van der Waals surface area contributed by atoms with E-state index in [1.807, 2.05) is 13.8 Å². The molecule has 1 saturated heterocycles. The van der Waals surface area contributed by atoms with Crippen molar-refractivity contribution in [3.8, 4) is 28.6 Å². The number of amides is 1. The number of aromatic hydroxyl groups is 2. The number of benzene rings is 2. The first-order valence-electron chi connectivity index (χ1n) is 13.4. The molecule has 3 N–H and O–H groups in total. The van der Waals surface area contributed by atoms with Crippen LogP contribution in [0.3, 0.4) is 0 Å². The van der Waals surface area contributed by atoms with E-state index in [2.05, 4.69) is 33.8 Å². The molecule has 0 radical (unpaired) electrons. The average Bonchev–Trinajstić information content (AvgIpc) is 3.33. The zero-order valence-corrected chi connectivity index (χ0v) is 23.3. The van der Waals surface area contributed by atoms with Gasteiger partial charge in [-0.05, 0) is 43.5 Å². The second-order valence-corrected chi connectivity index (χ2v) is 10.7. The number of aromatic nitrogens is 3. The van der Waals surface area contributed by atoms with Gasteiger partial charge in [-0.15, -0.1) is 10.2 Å². The van der Waals surface area contributed by atoms with Crippen molar-refractivity contribution in [2.75, 3.05) is 32.7 Å². The highest BCUT2D eigenvalue weighted by Gasteiger charge is 2.31. The lowest BCUT2D eigenvalue weighted by Gasteiger charge is -2.37. The quantitative estimate of drug-likeness (QED) is 0.340. The molecule has 3 aromatic rings. The van der Waals surface area contributed by atoms with Gasteiger partial charge < -0.3 is 15.5 Å². The lowest BCUT2D eigenvalue weighted by Crippen LogP contribution is -2.48. The Kier molecular flexibility index (Phi) is 8.88. The number of phenolic OH excluding ortho intramolecular Hbond substituents is 2. The van der Waals surface area contributed by atoms with Crippen molar-refractivity contribution in [3.05, 3.63) is 53.1 Å². The molecule has 0 unspecified atom stereocenters. The number of carbonyl (C=O) groups is 1. The third-order valence-electron chi connectivity index (χ3n) is 7.15. The van der Waals surface area contributed by atoms with Crippen LogP contribution in [0.2, 0.25) is 0 Å². The highest BCUT2D eigenvalue weighted by atomic mass is 19.4. The van der Waals surface area contributed by atoms with Gasteiger partial charge in [0.2, 0.25) is 5.82 Å². The van der Waals surface area contributed by atoms with E-state index >= 15 is 4.39 Å². The Morgan fingerprint density at radius 3 is 2.27 bits per heavy atom. The molecule has 1 fully saturated rings. The number of hydrogen-bond acceptors (Lipinski definition) is 7. The van der Waals surface area contributed by atoms with E-state index in [0.29, 0.717) is 23.7 Å². The molecule has 2 aromatic carbocycles. The lowest BCUT2D eigenvalue weighted by atomic mass is 9.98. The van der Waals surface area contributed by atoms with Gasteiger partial charge in [0.1, 0.15) is 23.9 Å². The molecular formula is C28H34F4N6O3. The fourth-order valence-corrected chi connectivity index (χ4v) is 4.83. The molecule has 0 spiro atoms. The summed E-state index contributed by atoms with van der Waals surface area (Å²) in [6.45, 7) is 9.93. The van der Waals surface area contributed by atoms with Crippen molar-refractivity contribution in [1.82, 2.24) is 29.9 Å². The Morgan fingerprint density at radius 2 is 1.68 bits per heavy atom. The van der Waals surface area contributed by atoms with Gasteiger partial charge in [0.05, 0.1) is 11.3 Å². The lowest BCUT2D eigenvalue weighted by molar-refractivity contribution is -0.123. The first-order chi connectivity index (χ1) is 19.2. The normalized spacial score (nSPS) is 15.2. The Labute approximate surface area is 235 Å². The van der Waals surface area contributed by atoms with Crippen LogP contribution in [0.15, 0.2) is 30.3 Å². The number of nitrogens with one attached hydrogen (secondary N) is 1. The van der Waals surface area contributed by atoms with E-state index in [9.17, 15) is 28.2 Å². The number of rotatable bonds is 8. The maximum atomic E-state index is 15.5. The van der Waals surface area contributed by atoms with E-state index in [0.717, 1.165) is 42.9 Å². The predicted octanol–water partition coefficient (Wildman–Crippen LogP) is 4.43. The van der Waals surface area contributed by atoms with Gasteiger partial charge in [0.15, 0.2) is 5.82 Å². The first kappa shape index (κ1) is 30.3. The molecule has 13 heteroatoms. The molecule has 0 saturated carbocycles. The van der Waals surface area contributed by atoms with Gasteiger partial charge >= 0.3 is 6.18 Å². The topological polar surface area (TPSA) is 107 Å². The number of carbonyl (C=O) groups excluding carboxylic acids is 1. The van der Waals surface area contributed by atoms with Crippen molar-refractivity contribution in [1.29, 1.82) is 0 Å². The standard InChI is InChI=1S/C28H34F4N6O3/c1-16(2)20-12-21(24(40)13-23(20)39)25-34-35-26(27(41)33-15-28(30,31)32)38(25)19-6-5-18(22(29)11-19)14-36-7-9-37(10-8-36)17(3)4/h5-6,11-13,16-17,39-40H,7-10,14-15H2,1-4H3,(H,33,41). The van der Waals surface area contributed by atoms with Crippen LogP contribution in [0.25, 0.3) is 17.1 Å². The number of piperazine rings is 1. The summed E-state index contributed by atoms with van der Waals surface area (Å²) >= 11 is 0. The number of halogens is 4. The molecule has 0 bridgehead atoms. The van der Waals surface area contributed by atoms with Gasteiger partial charge in [0, 0.05) is 50.4 Å². The average molecular weight is 579 g/mol. The number of phenols is 2. The van der Waals surface area contributed by atoms with Crippen LogP contribution < -0.4 is 5.32 Å². The van der Waals surface area contributed by atoms with Gasteiger partial charge in [-0.3, -0.25) is 19.2 Å². The zero-order valence-electron chi connectivity index (χ0n) is 23.3. The van der Waals surface area contributed by atoms with Crippen molar-refractivity contribution in [2.45, 2.75) is 52.4 Å². The number of nitrogens with zero attached hydrogens (tertiary/aromatic N) is 5. The third-order valence-corrected chi connectivity index (χ3v) is 7.15. The van der Waals surface area contributed by atoms with Gasteiger partial charge in [-0.25, -0.2) is 4.39 Å². The summed E-state index contributed by atoms with van der Waals surface area (Å²) in [7, 11) is 0. The molecule has 1 aliphatic heterocycles. The monoisotopic (exact) mass is 578 g/mol. The van der Waals surface area contributed by atoms with Crippen LogP contribution in [0.5, 0.6) is 11.5 Å². The Bertz CT molecular complexity index is 1400. The summed E-state index contributed by atoms with van der Waals surface area (Å²) in [4.78, 5) is 17.3. The summed E-state index contributed by atoms with van der Waals surface area (Å²) in [5, 5.41) is 30.5. The van der Waals surface area contributed by atoms with E-state index < -0.39 is 36.0 Å². The second-order valence-electron chi connectivity index (χ2n) is 10.7. The Morgan fingerprint density at radius 1 is 1.00 bits per heavy atom. The van der Waals surface area contributed by atoms with Gasteiger partial charge in [-0.2, -0.15) is 13.2 Å². The van der Waals surface area contributed by atoms with Crippen molar-refractivity contribution in [2.24, 2.45) is 0 Å². The molecule has 0 atom stereocenters. The molecule has 0 aliphatic carbocycles. The molecule has 9 nitrogen and oxygen atoms in total. The van der Waals surface area contributed by atoms with Crippen LogP contribution in [0, 0.1) is 5.82 Å². The molecule has 1 aromatic heterocycles. The molecule has 2 heterocycles. The Hall–Kier alpha value is -3.71. The zero-order chi connectivity index (χ0) is 30.1. The van der Waals surface area contributed by atoms with Gasteiger partial charge in [0.25, 0.3) is 5.91 Å². The fourth-order valence-electron chi connectivity index (χ4n) is 4.83. The van der Waals surface area contributed by atoms with E-state index in [4.69, 9.17) is 0 Å². The summed E-state index contributed by atoms with van der Waals surface area (Å²) in [6.07, 6.45) is -4.67. The summed E-state index contributed by atoms with van der Waals surface area (Å²) in [5.74, 6) is -3.14. The van der Waals surface area contributed by atoms with Crippen LogP contribution in [-0.4, -0.2) is 85.6 Å². The van der Waals surface area contributed by atoms with E-state index in [1.165, 1.54) is 12.1 Å². The largest absolute Gasteiger partial charge is 0.508 e. The summed E-state index contributed by atoms with van der Waals surface area (Å²) < 4.78 is 55.0. The smallest absolute Gasteiger partial charge is 0.405 e. The molecule has 222 valence electrons. The van der Waals surface area contributed by atoms with Crippen molar-refractivity contribution >= 4 is 5.91 Å². The maximum Gasteiger partial charge on any atom is 0.405 e. The molecular weight excluding hydrogens is 544 g/mol. The minimum atomic E-state index is -4.67. The van der Waals surface area contributed by atoms with E-state index in [-0.39, 0.29) is 28.7 Å². The van der Waals surface area contributed by atoms with Crippen LogP contribution in [-0.2, 0) is 6.54 Å². The third kappa shape index (κ3) is 6.96. The Balaban J connectivity index is 1.73. The minimum Gasteiger partial charge on any atom is -0.508 e. The van der Waals surface area contributed by atoms with Crippen LogP contribution in [0.4, 0.5) is 17.6 Å². The summed E-state index contributed by atoms with van der Waals surface area (Å²) in [5.41, 5.74) is 1.00. The van der Waals surface area contributed by atoms with Crippen molar-refractivity contribution < 1.29 is 32.6 Å². The van der Waals surface area contributed by atoms with Crippen molar-refractivity contribution in [3.63, 3.8) is 0 Å². The fraction of sp³-hybridized carbons (Fsp3) is 0.464. The van der Waals surface area contributed by atoms with E-state index in [1.54, 1.807) is 11.4 Å². The molecule has 41 heavy (non-hydrogen) atoms. The molecule has 1 aliphatic rings. The predicted molar refractivity (Wildman–Crippen MR) is 145 cm³/mol. The number of hydrogen-bond donors (Lipinski definition) is 3. The molecule has 1 amide bonds. The molecule has 4 rings (SSSR count). The minimum absolute atomic E-state index is 0.0568. The maximum absolute atomic E-state index is 15.5. The van der Waals surface area contributed by atoms with Gasteiger partial charge in [-0.1, -0.05) is 19.9 Å². The first-order valence-corrected chi connectivity index (χ1v) is 13.4. The van der Waals surface area contributed by atoms with Crippen LogP contribution in [0.1, 0.15) is 55.4 Å². The highest BCUT2D eigenvalue weighted by molar-refractivity contribution is 5.92. The SMILES string of the molecule is CC(C)c1cc(-c2nnc(C(=O)NCC(F)(F)F)n2-c2ccc(CN3CCN(C(C)C)CC3)c(F)c2)c(O)cc1O.